The summed E-state index contributed by atoms with van der Waals surface area (Å²) in [6, 6.07) is 5.11. The molecule has 0 spiro atoms. The molecule has 18 heavy (non-hydrogen) atoms. The van der Waals surface area contributed by atoms with Crippen LogP contribution in [0.15, 0.2) is 24.4 Å². The Morgan fingerprint density at radius 2 is 2.22 bits per heavy atom. The lowest BCUT2D eigenvalue weighted by Gasteiger charge is -2.07. The smallest absolute Gasteiger partial charge is 0.255 e. The zero-order valence-corrected chi connectivity index (χ0v) is 11.0. The number of thiazole rings is 1. The SMILES string of the molecule is Cc1cnc(CNC(=O)c2cccc(C)c2O)s1. The van der Waals surface area contributed by atoms with Crippen molar-refractivity contribution in [2.24, 2.45) is 0 Å². The molecule has 2 rings (SSSR count). The molecule has 0 saturated heterocycles. The quantitative estimate of drug-likeness (QED) is 0.892. The van der Waals surface area contributed by atoms with Crippen LogP contribution in [0.2, 0.25) is 0 Å². The number of carbonyl (C=O) groups is 1. The van der Waals surface area contributed by atoms with Crippen LogP contribution in [0.1, 0.15) is 25.8 Å². The summed E-state index contributed by atoms with van der Waals surface area (Å²) in [5, 5.41) is 13.4. The zero-order chi connectivity index (χ0) is 13.1. The van der Waals surface area contributed by atoms with Gasteiger partial charge in [-0.1, -0.05) is 12.1 Å². The number of para-hydroxylation sites is 1. The number of nitrogens with one attached hydrogen (secondary N) is 1. The monoisotopic (exact) mass is 262 g/mol. The Hall–Kier alpha value is -1.88. The number of benzene rings is 1. The van der Waals surface area contributed by atoms with Crippen LogP contribution in [0.3, 0.4) is 0 Å². The van der Waals surface area contributed by atoms with Crippen molar-refractivity contribution in [1.29, 1.82) is 0 Å². The molecule has 0 fully saturated rings. The molecule has 1 amide bonds. The molecule has 0 radical (unpaired) electrons. The minimum absolute atomic E-state index is 0.0327. The van der Waals surface area contributed by atoms with Gasteiger partial charge in [0, 0.05) is 11.1 Å². The molecule has 5 heteroatoms. The zero-order valence-electron chi connectivity index (χ0n) is 10.2. The summed E-state index contributed by atoms with van der Waals surface area (Å²) in [6.45, 7) is 4.11. The summed E-state index contributed by atoms with van der Waals surface area (Å²) >= 11 is 1.54. The summed E-state index contributed by atoms with van der Waals surface area (Å²) in [6.07, 6.45) is 1.77. The summed E-state index contributed by atoms with van der Waals surface area (Å²) in [5.41, 5.74) is 0.982. The van der Waals surface area contributed by atoms with Gasteiger partial charge in [0.25, 0.3) is 5.91 Å². The fourth-order valence-electron chi connectivity index (χ4n) is 1.58. The Balaban J connectivity index is 2.06. The maximum Gasteiger partial charge on any atom is 0.255 e. The number of rotatable bonds is 3. The molecule has 2 aromatic rings. The number of phenolic OH excluding ortho intramolecular Hbond substituents is 1. The second-order valence-electron chi connectivity index (χ2n) is 4.02. The van der Waals surface area contributed by atoms with Crippen molar-refractivity contribution in [3.05, 3.63) is 45.4 Å². The number of hydrogen-bond acceptors (Lipinski definition) is 4. The molecule has 0 bridgehead atoms. The summed E-state index contributed by atoms with van der Waals surface area (Å²) in [4.78, 5) is 17.2. The molecule has 1 heterocycles. The van der Waals surface area contributed by atoms with Gasteiger partial charge in [-0.05, 0) is 25.5 Å². The van der Waals surface area contributed by atoms with E-state index < -0.39 is 0 Å². The van der Waals surface area contributed by atoms with E-state index in [9.17, 15) is 9.90 Å². The molecule has 0 atom stereocenters. The van der Waals surface area contributed by atoms with Crippen LogP contribution in [-0.4, -0.2) is 16.0 Å². The van der Waals surface area contributed by atoms with E-state index in [4.69, 9.17) is 0 Å². The average molecular weight is 262 g/mol. The van der Waals surface area contributed by atoms with Crippen molar-refractivity contribution in [2.45, 2.75) is 20.4 Å². The maximum absolute atomic E-state index is 11.9. The van der Waals surface area contributed by atoms with Crippen molar-refractivity contribution < 1.29 is 9.90 Å². The van der Waals surface area contributed by atoms with Crippen LogP contribution >= 0.6 is 11.3 Å². The van der Waals surface area contributed by atoms with Crippen LogP contribution in [0.5, 0.6) is 5.75 Å². The fourth-order valence-corrected chi connectivity index (χ4v) is 2.30. The topological polar surface area (TPSA) is 62.2 Å². The first kappa shape index (κ1) is 12.6. The fraction of sp³-hybridized carbons (Fsp3) is 0.231. The first-order chi connectivity index (χ1) is 8.58. The molecule has 1 aromatic heterocycles. The van der Waals surface area contributed by atoms with Crippen LogP contribution in [0, 0.1) is 13.8 Å². The van der Waals surface area contributed by atoms with Crippen molar-refractivity contribution in [3.8, 4) is 5.75 Å². The second-order valence-corrected chi connectivity index (χ2v) is 5.34. The number of aromatic hydroxyl groups is 1. The van der Waals surface area contributed by atoms with Crippen LogP contribution in [0.4, 0.5) is 0 Å². The highest BCUT2D eigenvalue weighted by Gasteiger charge is 2.12. The Labute approximate surface area is 109 Å². The van der Waals surface area contributed by atoms with E-state index in [1.54, 1.807) is 42.7 Å². The minimum atomic E-state index is -0.288. The number of aryl methyl sites for hydroxylation is 2. The van der Waals surface area contributed by atoms with Crippen molar-refractivity contribution in [3.63, 3.8) is 0 Å². The average Bonchev–Trinajstić information content (AvgIpc) is 2.76. The summed E-state index contributed by atoms with van der Waals surface area (Å²) in [7, 11) is 0. The first-order valence-electron chi connectivity index (χ1n) is 5.56. The second kappa shape index (κ2) is 5.18. The predicted molar refractivity (Wildman–Crippen MR) is 70.9 cm³/mol. The van der Waals surface area contributed by atoms with Crippen molar-refractivity contribution in [2.75, 3.05) is 0 Å². The molecule has 0 aliphatic carbocycles. The molecule has 1 aromatic carbocycles. The van der Waals surface area contributed by atoms with Gasteiger partial charge in [-0.2, -0.15) is 0 Å². The van der Waals surface area contributed by atoms with Crippen LogP contribution < -0.4 is 5.32 Å². The molecule has 94 valence electrons. The standard InChI is InChI=1S/C13H14N2O2S/c1-8-4-3-5-10(12(8)16)13(17)15-7-11-14-6-9(2)18-11/h3-6,16H,7H2,1-2H3,(H,15,17). The van der Waals surface area contributed by atoms with Gasteiger partial charge < -0.3 is 10.4 Å². The van der Waals surface area contributed by atoms with Gasteiger partial charge in [0.05, 0.1) is 12.1 Å². The minimum Gasteiger partial charge on any atom is -0.507 e. The number of aromatic nitrogens is 1. The lowest BCUT2D eigenvalue weighted by molar-refractivity contribution is 0.0948. The molecule has 4 nitrogen and oxygen atoms in total. The Kier molecular flexibility index (Phi) is 3.62. The highest BCUT2D eigenvalue weighted by atomic mass is 32.1. The van der Waals surface area contributed by atoms with E-state index in [0.29, 0.717) is 17.7 Å². The number of carbonyl (C=O) groups excluding carboxylic acids is 1. The number of phenols is 1. The molecule has 0 aliphatic rings. The van der Waals surface area contributed by atoms with Gasteiger partial charge in [0.2, 0.25) is 0 Å². The molecule has 0 aliphatic heterocycles. The normalized spacial score (nSPS) is 10.3. The summed E-state index contributed by atoms with van der Waals surface area (Å²) in [5.74, 6) is -0.255. The Morgan fingerprint density at radius 3 is 2.89 bits per heavy atom. The highest BCUT2D eigenvalue weighted by Crippen LogP contribution is 2.21. The number of hydrogen-bond donors (Lipinski definition) is 2. The lowest BCUT2D eigenvalue weighted by atomic mass is 10.1. The molecule has 0 unspecified atom stereocenters. The molecule has 2 N–H and O–H groups in total. The highest BCUT2D eigenvalue weighted by molar-refractivity contribution is 7.11. The Morgan fingerprint density at radius 1 is 1.44 bits per heavy atom. The number of amides is 1. The van der Waals surface area contributed by atoms with Gasteiger partial charge in [-0.25, -0.2) is 4.98 Å². The number of nitrogens with zero attached hydrogens (tertiary/aromatic N) is 1. The van der Waals surface area contributed by atoms with E-state index in [2.05, 4.69) is 10.3 Å². The largest absolute Gasteiger partial charge is 0.507 e. The first-order valence-corrected chi connectivity index (χ1v) is 6.37. The third kappa shape index (κ3) is 2.68. The molecular weight excluding hydrogens is 248 g/mol. The van der Waals surface area contributed by atoms with E-state index >= 15 is 0 Å². The van der Waals surface area contributed by atoms with Crippen LogP contribution in [-0.2, 0) is 6.54 Å². The predicted octanol–water partition coefficient (Wildman–Crippen LogP) is 2.40. The van der Waals surface area contributed by atoms with Crippen LogP contribution in [0.25, 0.3) is 0 Å². The third-order valence-electron chi connectivity index (χ3n) is 2.55. The molecular formula is C13H14N2O2S. The lowest BCUT2D eigenvalue weighted by Crippen LogP contribution is -2.22. The van der Waals surface area contributed by atoms with Crippen molar-refractivity contribution in [1.82, 2.24) is 10.3 Å². The molecule has 0 saturated carbocycles. The summed E-state index contributed by atoms with van der Waals surface area (Å²) < 4.78 is 0. The van der Waals surface area contributed by atoms with E-state index in [-0.39, 0.29) is 11.7 Å². The Bertz CT molecular complexity index is 578. The van der Waals surface area contributed by atoms with Crippen molar-refractivity contribution >= 4 is 17.2 Å². The van der Waals surface area contributed by atoms with Gasteiger partial charge >= 0.3 is 0 Å². The maximum atomic E-state index is 11.9. The van der Waals surface area contributed by atoms with Gasteiger partial charge in [0.15, 0.2) is 0 Å². The van der Waals surface area contributed by atoms with E-state index in [1.807, 2.05) is 6.92 Å². The van der Waals surface area contributed by atoms with Gasteiger partial charge in [-0.15, -0.1) is 11.3 Å². The van der Waals surface area contributed by atoms with E-state index in [0.717, 1.165) is 9.88 Å². The van der Waals surface area contributed by atoms with Gasteiger partial charge in [0.1, 0.15) is 10.8 Å². The van der Waals surface area contributed by atoms with Gasteiger partial charge in [-0.3, -0.25) is 4.79 Å². The van der Waals surface area contributed by atoms with E-state index in [1.165, 1.54) is 0 Å². The third-order valence-corrected chi connectivity index (χ3v) is 3.46.